The first-order valence-electron chi connectivity index (χ1n) is 8.74. The number of Topliss-reactive ketones (excluding diaryl/α,β-unsaturated/α-hetero) is 1. The largest absolute Gasteiger partial charge is 0.369 e. The number of piperazine rings is 1. The van der Waals surface area contributed by atoms with Crippen LogP contribution in [0.4, 0.5) is 5.69 Å². The van der Waals surface area contributed by atoms with E-state index in [1.165, 1.54) is 0 Å². The molecule has 2 aromatic rings. The van der Waals surface area contributed by atoms with Crippen molar-refractivity contribution in [3.05, 3.63) is 41.5 Å². The van der Waals surface area contributed by atoms with Crippen LogP contribution in [0, 0.1) is 0 Å². The average Bonchev–Trinajstić information content (AvgIpc) is 3.04. The zero-order chi connectivity index (χ0) is 18.0. The van der Waals surface area contributed by atoms with Crippen LogP contribution in [0.2, 0.25) is 0 Å². The third-order valence-corrected chi connectivity index (χ3v) is 4.51. The fourth-order valence-corrected chi connectivity index (χ4v) is 2.89. The standard InChI is InChI=1S/C19H26N4O2/c1-14(24)15-5-7-16(8-6-15)23-11-9-22(10-12-23)13-17-20-18(21-25-17)19(2,3)4/h5-8H,9-13H2,1-4H3. The predicted octanol–water partition coefficient (Wildman–Crippen LogP) is 2.89. The lowest BCUT2D eigenvalue weighted by Crippen LogP contribution is -2.46. The molecule has 0 saturated carbocycles. The SMILES string of the molecule is CC(=O)c1ccc(N2CCN(Cc3nc(C(C)(C)C)no3)CC2)cc1. The van der Waals surface area contributed by atoms with E-state index >= 15 is 0 Å². The number of benzene rings is 1. The Morgan fingerprint density at radius 1 is 1.12 bits per heavy atom. The molecule has 1 saturated heterocycles. The number of aromatic nitrogens is 2. The molecule has 0 unspecified atom stereocenters. The highest BCUT2D eigenvalue weighted by atomic mass is 16.5. The maximum atomic E-state index is 11.4. The molecule has 0 atom stereocenters. The van der Waals surface area contributed by atoms with Crippen molar-refractivity contribution in [2.24, 2.45) is 0 Å². The van der Waals surface area contributed by atoms with Crippen molar-refractivity contribution in [3.8, 4) is 0 Å². The van der Waals surface area contributed by atoms with E-state index in [2.05, 4.69) is 40.7 Å². The van der Waals surface area contributed by atoms with E-state index in [-0.39, 0.29) is 11.2 Å². The van der Waals surface area contributed by atoms with Crippen molar-refractivity contribution < 1.29 is 9.32 Å². The molecular formula is C19H26N4O2. The van der Waals surface area contributed by atoms with E-state index in [9.17, 15) is 4.79 Å². The van der Waals surface area contributed by atoms with E-state index in [1.807, 2.05) is 24.3 Å². The van der Waals surface area contributed by atoms with E-state index in [0.717, 1.165) is 43.3 Å². The van der Waals surface area contributed by atoms with Gasteiger partial charge in [-0.2, -0.15) is 4.98 Å². The summed E-state index contributed by atoms with van der Waals surface area (Å²) < 4.78 is 5.39. The minimum Gasteiger partial charge on any atom is -0.369 e. The first kappa shape index (κ1) is 17.6. The molecule has 1 aromatic heterocycles. The van der Waals surface area contributed by atoms with Crippen LogP contribution in [0.5, 0.6) is 0 Å². The second kappa shape index (κ2) is 6.96. The molecule has 0 spiro atoms. The topological polar surface area (TPSA) is 62.5 Å². The van der Waals surface area contributed by atoms with Crippen LogP contribution in [0.25, 0.3) is 0 Å². The number of hydrogen-bond acceptors (Lipinski definition) is 6. The third kappa shape index (κ3) is 4.25. The van der Waals surface area contributed by atoms with Gasteiger partial charge in [-0.05, 0) is 31.2 Å². The van der Waals surface area contributed by atoms with Gasteiger partial charge in [-0.25, -0.2) is 0 Å². The Hall–Kier alpha value is -2.21. The Balaban J connectivity index is 1.55. The van der Waals surface area contributed by atoms with Crippen LogP contribution in [-0.2, 0) is 12.0 Å². The van der Waals surface area contributed by atoms with Crippen molar-refractivity contribution >= 4 is 11.5 Å². The van der Waals surface area contributed by atoms with Crippen LogP contribution in [-0.4, -0.2) is 47.0 Å². The number of rotatable bonds is 4. The number of anilines is 1. The molecule has 1 aliphatic rings. The molecule has 0 N–H and O–H groups in total. The van der Waals surface area contributed by atoms with Crippen LogP contribution in [0.1, 0.15) is 49.8 Å². The molecule has 134 valence electrons. The van der Waals surface area contributed by atoms with Gasteiger partial charge < -0.3 is 9.42 Å². The molecule has 1 fully saturated rings. The zero-order valence-corrected chi connectivity index (χ0v) is 15.5. The van der Waals surface area contributed by atoms with Crippen molar-refractivity contribution in [1.29, 1.82) is 0 Å². The second-order valence-corrected chi connectivity index (χ2v) is 7.63. The number of hydrogen-bond donors (Lipinski definition) is 0. The number of carbonyl (C=O) groups excluding carboxylic acids is 1. The lowest BCUT2D eigenvalue weighted by molar-refractivity contribution is 0.101. The summed E-state index contributed by atoms with van der Waals surface area (Å²) in [5.41, 5.74) is 1.83. The van der Waals surface area contributed by atoms with Crippen LogP contribution in [0.3, 0.4) is 0 Å². The van der Waals surface area contributed by atoms with Crippen molar-refractivity contribution in [2.45, 2.75) is 39.7 Å². The molecule has 0 radical (unpaired) electrons. The second-order valence-electron chi connectivity index (χ2n) is 7.63. The monoisotopic (exact) mass is 342 g/mol. The van der Waals surface area contributed by atoms with Gasteiger partial charge in [0.15, 0.2) is 11.6 Å². The Morgan fingerprint density at radius 2 is 1.76 bits per heavy atom. The highest BCUT2D eigenvalue weighted by Crippen LogP contribution is 2.20. The first-order chi connectivity index (χ1) is 11.8. The number of carbonyl (C=O) groups is 1. The maximum absolute atomic E-state index is 11.4. The van der Waals surface area contributed by atoms with E-state index in [1.54, 1.807) is 6.92 Å². The molecule has 1 aliphatic heterocycles. The van der Waals surface area contributed by atoms with Gasteiger partial charge in [0.1, 0.15) is 0 Å². The van der Waals surface area contributed by atoms with Gasteiger partial charge in [0.2, 0.25) is 5.89 Å². The van der Waals surface area contributed by atoms with E-state index in [0.29, 0.717) is 12.4 Å². The molecule has 1 aromatic carbocycles. The van der Waals surface area contributed by atoms with Crippen molar-refractivity contribution in [2.75, 3.05) is 31.1 Å². The smallest absolute Gasteiger partial charge is 0.240 e. The van der Waals surface area contributed by atoms with Gasteiger partial charge >= 0.3 is 0 Å². The fraction of sp³-hybridized carbons (Fsp3) is 0.526. The average molecular weight is 342 g/mol. The molecule has 6 nitrogen and oxygen atoms in total. The first-order valence-corrected chi connectivity index (χ1v) is 8.74. The summed E-state index contributed by atoms with van der Waals surface area (Å²) in [6.45, 7) is 12.3. The van der Waals surface area contributed by atoms with Crippen LogP contribution < -0.4 is 4.90 Å². The maximum Gasteiger partial charge on any atom is 0.240 e. The van der Waals surface area contributed by atoms with Gasteiger partial charge in [-0.1, -0.05) is 25.9 Å². The van der Waals surface area contributed by atoms with Crippen LogP contribution in [0.15, 0.2) is 28.8 Å². The van der Waals surface area contributed by atoms with Gasteiger partial charge in [0.25, 0.3) is 0 Å². The lowest BCUT2D eigenvalue weighted by Gasteiger charge is -2.35. The highest BCUT2D eigenvalue weighted by molar-refractivity contribution is 5.94. The summed E-state index contributed by atoms with van der Waals surface area (Å²) in [7, 11) is 0. The Kier molecular flexibility index (Phi) is 4.90. The summed E-state index contributed by atoms with van der Waals surface area (Å²) in [6.07, 6.45) is 0. The highest BCUT2D eigenvalue weighted by Gasteiger charge is 2.23. The summed E-state index contributed by atoms with van der Waals surface area (Å²) in [6, 6.07) is 7.85. The number of ketones is 1. The van der Waals surface area contributed by atoms with Gasteiger partial charge in [-0.3, -0.25) is 9.69 Å². The van der Waals surface area contributed by atoms with Crippen molar-refractivity contribution in [1.82, 2.24) is 15.0 Å². The molecule has 0 bridgehead atoms. The van der Waals surface area contributed by atoms with E-state index in [4.69, 9.17) is 4.52 Å². The Morgan fingerprint density at radius 3 is 2.28 bits per heavy atom. The van der Waals surface area contributed by atoms with Crippen LogP contribution >= 0.6 is 0 Å². The predicted molar refractivity (Wildman–Crippen MR) is 96.9 cm³/mol. The quantitative estimate of drug-likeness (QED) is 0.796. The molecule has 3 rings (SSSR count). The molecule has 2 heterocycles. The Labute approximate surface area is 148 Å². The molecule has 6 heteroatoms. The normalized spacial score (nSPS) is 16.2. The van der Waals surface area contributed by atoms with Gasteiger partial charge in [-0.15, -0.1) is 0 Å². The minimum absolute atomic E-state index is 0.0908. The zero-order valence-electron chi connectivity index (χ0n) is 15.5. The molecule has 25 heavy (non-hydrogen) atoms. The van der Waals surface area contributed by atoms with E-state index < -0.39 is 0 Å². The van der Waals surface area contributed by atoms with Gasteiger partial charge in [0, 0.05) is 42.8 Å². The summed E-state index contributed by atoms with van der Waals surface area (Å²) in [5, 5.41) is 4.09. The molecule has 0 aliphatic carbocycles. The molecular weight excluding hydrogens is 316 g/mol. The summed E-state index contributed by atoms with van der Waals surface area (Å²) >= 11 is 0. The summed E-state index contributed by atoms with van der Waals surface area (Å²) in [4.78, 5) is 20.6. The van der Waals surface area contributed by atoms with Gasteiger partial charge in [0.05, 0.1) is 6.54 Å². The lowest BCUT2D eigenvalue weighted by atomic mass is 9.96. The minimum atomic E-state index is -0.0908. The number of nitrogens with zero attached hydrogens (tertiary/aromatic N) is 4. The summed E-state index contributed by atoms with van der Waals surface area (Å²) in [5.74, 6) is 1.54. The molecule has 0 amide bonds. The fourth-order valence-electron chi connectivity index (χ4n) is 2.89. The third-order valence-electron chi connectivity index (χ3n) is 4.51. The van der Waals surface area contributed by atoms with Crippen molar-refractivity contribution in [3.63, 3.8) is 0 Å². The Bertz CT molecular complexity index is 723.